The summed E-state index contributed by atoms with van der Waals surface area (Å²) in [5.41, 5.74) is 1.13. The fourth-order valence-electron chi connectivity index (χ4n) is 2.36. The third-order valence-corrected chi connectivity index (χ3v) is 3.67. The van der Waals surface area contributed by atoms with Crippen molar-refractivity contribution in [1.82, 2.24) is 10.2 Å². The Kier molecular flexibility index (Phi) is 7.25. The van der Waals surface area contributed by atoms with Crippen molar-refractivity contribution in [1.29, 1.82) is 0 Å². The number of anilines is 1. The first-order chi connectivity index (χ1) is 12.9. The first-order valence-corrected chi connectivity index (χ1v) is 8.20. The van der Waals surface area contributed by atoms with Crippen LogP contribution in [0, 0.1) is 11.6 Å². The molecule has 0 fully saturated rings. The second-order valence-electron chi connectivity index (χ2n) is 5.97. The van der Waals surface area contributed by atoms with Crippen molar-refractivity contribution in [3.8, 4) is 5.75 Å². The number of likely N-dealkylation sites (N-methyl/N-ethyl adjacent to an activating group) is 1. The van der Waals surface area contributed by atoms with E-state index in [2.05, 4.69) is 10.6 Å². The van der Waals surface area contributed by atoms with E-state index >= 15 is 0 Å². The third-order valence-electron chi connectivity index (χ3n) is 3.67. The summed E-state index contributed by atoms with van der Waals surface area (Å²) in [6.07, 6.45) is 0. The van der Waals surface area contributed by atoms with Gasteiger partial charge in [-0.3, -0.25) is 14.5 Å². The zero-order valence-corrected chi connectivity index (χ0v) is 15.1. The zero-order chi connectivity index (χ0) is 19.8. The highest BCUT2D eigenvalue weighted by Crippen LogP contribution is 2.13. The Morgan fingerprint density at radius 1 is 1.04 bits per heavy atom. The van der Waals surface area contributed by atoms with Crippen LogP contribution in [0.25, 0.3) is 0 Å². The number of halogens is 2. The minimum Gasteiger partial charge on any atom is -0.497 e. The van der Waals surface area contributed by atoms with Gasteiger partial charge in [0.15, 0.2) is 11.6 Å². The van der Waals surface area contributed by atoms with Crippen LogP contribution in [0.5, 0.6) is 5.75 Å². The number of rotatable bonds is 8. The van der Waals surface area contributed by atoms with Gasteiger partial charge in [0.05, 0.1) is 20.2 Å². The first-order valence-electron chi connectivity index (χ1n) is 8.20. The molecule has 0 radical (unpaired) electrons. The van der Waals surface area contributed by atoms with Crippen molar-refractivity contribution in [2.24, 2.45) is 0 Å². The number of nitrogens with one attached hydrogen (secondary N) is 2. The van der Waals surface area contributed by atoms with Gasteiger partial charge in [0.2, 0.25) is 11.8 Å². The standard InChI is InChI=1S/C19H21F2N3O3/c1-24(11-13-3-6-15(27-2)7-4-13)12-19(26)22-10-18(25)23-14-5-8-16(20)17(21)9-14/h3-9H,10-12H2,1-2H3,(H,22,26)(H,23,25). The van der Waals surface area contributed by atoms with Gasteiger partial charge in [0.25, 0.3) is 0 Å². The molecule has 6 nitrogen and oxygen atoms in total. The number of ether oxygens (including phenoxy) is 1. The molecule has 0 aliphatic carbocycles. The highest BCUT2D eigenvalue weighted by atomic mass is 19.2. The van der Waals surface area contributed by atoms with Crippen LogP contribution in [0.4, 0.5) is 14.5 Å². The molecule has 0 aliphatic rings. The number of carbonyl (C=O) groups is 2. The van der Waals surface area contributed by atoms with Gasteiger partial charge >= 0.3 is 0 Å². The third kappa shape index (κ3) is 6.67. The number of methoxy groups -OCH3 is 1. The van der Waals surface area contributed by atoms with E-state index in [1.165, 1.54) is 6.07 Å². The highest BCUT2D eigenvalue weighted by molar-refractivity contribution is 5.94. The summed E-state index contributed by atoms with van der Waals surface area (Å²) >= 11 is 0. The number of carbonyl (C=O) groups excluding carboxylic acids is 2. The second kappa shape index (κ2) is 9.63. The van der Waals surface area contributed by atoms with Crippen LogP contribution in [-0.4, -0.2) is 44.0 Å². The van der Waals surface area contributed by atoms with Gasteiger partial charge in [-0.05, 0) is 36.9 Å². The van der Waals surface area contributed by atoms with Gasteiger partial charge in [-0.25, -0.2) is 8.78 Å². The lowest BCUT2D eigenvalue weighted by Crippen LogP contribution is -2.39. The van der Waals surface area contributed by atoms with Crippen LogP contribution in [0.2, 0.25) is 0 Å². The Morgan fingerprint density at radius 3 is 2.37 bits per heavy atom. The molecule has 2 N–H and O–H groups in total. The number of amides is 2. The van der Waals surface area contributed by atoms with Crippen LogP contribution in [0.1, 0.15) is 5.56 Å². The Labute approximate surface area is 156 Å². The van der Waals surface area contributed by atoms with E-state index in [0.717, 1.165) is 23.4 Å². The molecule has 0 spiro atoms. The number of benzene rings is 2. The number of hydrogen-bond acceptors (Lipinski definition) is 4. The Morgan fingerprint density at radius 2 is 1.74 bits per heavy atom. The van der Waals surface area contributed by atoms with Crippen LogP contribution in [-0.2, 0) is 16.1 Å². The van der Waals surface area contributed by atoms with Gasteiger partial charge in [-0.15, -0.1) is 0 Å². The fraction of sp³-hybridized carbons (Fsp3) is 0.263. The van der Waals surface area contributed by atoms with E-state index in [9.17, 15) is 18.4 Å². The predicted octanol–water partition coefficient (Wildman–Crippen LogP) is 2.16. The maximum atomic E-state index is 13.1. The van der Waals surface area contributed by atoms with Gasteiger partial charge in [0, 0.05) is 18.3 Å². The van der Waals surface area contributed by atoms with Crippen LogP contribution in [0.15, 0.2) is 42.5 Å². The Balaban J connectivity index is 1.73. The summed E-state index contributed by atoms with van der Waals surface area (Å²) < 4.78 is 31.0. The van der Waals surface area contributed by atoms with Crippen molar-refractivity contribution in [3.05, 3.63) is 59.7 Å². The van der Waals surface area contributed by atoms with Crippen molar-refractivity contribution >= 4 is 17.5 Å². The molecule has 27 heavy (non-hydrogen) atoms. The summed E-state index contributed by atoms with van der Waals surface area (Å²) in [6, 6.07) is 10.5. The lowest BCUT2D eigenvalue weighted by molar-refractivity contribution is -0.124. The molecule has 0 bridgehead atoms. The second-order valence-corrected chi connectivity index (χ2v) is 5.97. The molecule has 8 heteroatoms. The van der Waals surface area contributed by atoms with Crippen LogP contribution in [0.3, 0.4) is 0 Å². The molecular formula is C19H21F2N3O3. The quantitative estimate of drug-likeness (QED) is 0.740. The largest absolute Gasteiger partial charge is 0.497 e. The minimum atomic E-state index is -1.06. The maximum Gasteiger partial charge on any atom is 0.243 e. The summed E-state index contributed by atoms with van der Waals surface area (Å²) in [4.78, 5) is 25.5. The molecule has 2 amide bonds. The zero-order valence-electron chi connectivity index (χ0n) is 15.1. The van der Waals surface area contributed by atoms with E-state index in [1.807, 2.05) is 24.3 Å². The SMILES string of the molecule is COc1ccc(CN(C)CC(=O)NCC(=O)Nc2ccc(F)c(F)c2)cc1. The molecule has 0 unspecified atom stereocenters. The van der Waals surface area contributed by atoms with Gasteiger partial charge in [-0.1, -0.05) is 12.1 Å². The van der Waals surface area contributed by atoms with E-state index in [-0.39, 0.29) is 24.7 Å². The van der Waals surface area contributed by atoms with Crippen LogP contribution >= 0.6 is 0 Å². The monoisotopic (exact) mass is 377 g/mol. The highest BCUT2D eigenvalue weighted by Gasteiger charge is 2.10. The Bertz CT molecular complexity index is 797. The molecule has 0 aliphatic heterocycles. The van der Waals surface area contributed by atoms with Crippen molar-refractivity contribution in [3.63, 3.8) is 0 Å². The summed E-state index contributed by atoms with van der Waals surface area (Å²) in [5.74, 6) is -2.16. The smallest absolute Gasteiger partial charge is 0.243 e. The van der Waals surface area contributed by atoms with E-state index in [4.69, 9.17) is 4.74 Å². The molecule has 2 aromatic rings. The molecule has 0 saturated heterocycles. The summed E-state index contributed by atoms with van der Waals surface area (Å²) in [5, 5.41) is 4.87. The normalized spacial score (nSPS) is 10.6. The molecule has 144 valence electrons. The molecule has 2 rings (SSSR count). The first kappa shape index (κ1) is 20.3. The minimum absolute atomic E-state index is 0.102. The lowest BCUT2D eigenvalue weighted by atomic mass is 10.2. The number of nitrogens with zero attached hydrogens (tertiary/aromatic N) is 1. The molecule has 0 heterocycles. The molecule has 2 aromatic carbocycles. The topological polar surface area (TPSA) is 70.7 Å². The fourth-order valence-corrected chi connectivity index (χ4v) is 2.36. The van der Waals surface area contributed by atoms with E-state index in [1.54, 1.807) is 19.1 Å². The molecule has 0 aromatic heterocycles. The molecular weight excluding hydrogens is 356 g/mol. The molecule has 0 saturated carbocycles. The Hall–Kier alpha value is -3.00. The van der Waals surface area contributed by atoms with Gasteiger partial charge in [0.1, 0.15) is 5.75 Å². The van der Waals surface area contributed by atoms with E-state index < -0.39 is 17.5 Å². The molecule has 0 atom stereocenters. The summed E-state index contributed by atoms with van der Waals surface area (Å²) in [7, 11) is 3.37. The van der Waals surface area contributed by atoms with Crippen molar-refractivity contribution < 1.29 is 23.1 Å². The van der Waals surface area contributed by atoms with E-state index in [0.29, 0.717) is 6.54 Å². The summed E-state index contributed by atoms with van der Waals surface area (Å²) in [6.45, 7) is 0.386. The average Bonchev–Trinajstić information content (AvgIpc) is 2.63. The van der Waals surface area contributed by atoms with Crippen molar-refractivity contribution in [2.45, 2.75) is 6.54 Å². The van der Waals surface area contributed by atoms with Crippen molar-refractivity contribution in [2.75, 3.05) is 32.6 Å². The predicted molar refractivity (Wildman–Crippen MR) is 97.3 cm³/mol. The number of hydrogen-bond donors (Lipinski definition) is 2. The average molecular weight is 377 g/mol. The van der Waals surface area contributed by atoms with Gasteiger partial charge < -0.3 is 15.4 Å². The maximum absolute atomic E-state index is 13.1. The van der Waals surface area contributed by atoms with Crippen LogP contribution < -0.4 is 15.4 Å². The van der Waals surface area contributed by atoms with Gasteiger partial charge in [-0.2, -0.15) is 0 Å². The lowest BCUT2D eigenvalue weighted by Gasteiger charge is -2.16.